The number of aromatic amines is 1. The molecule has 3 rings (SSSR count). The first-order valence-corrected chi connectivity index (χ1v) is 6.80. The zero-order chi connectivity index (χ0) is 16.2. The SMILES string of the molecule is O=C(Nc1cc(-c2ccccc2)[nH]n1)c1cccc([N+](=O)[O-])c1. The number of nitrogens with zero attached hydrogens (tertiary/aromatic N) is 2. The summed E-state index contributed by atoms with van der Waals surface area (Å²) in [6.07, 6.45) is 0. The van der Waals surface area contributed by atoms with Gasteiger partial charge >= 0.3 is 0 Å². The Labute approximate surface area is 131 Å². The minimum atomic E-state index is -0.543. The fraction of sp³-hybridized carbons (Fsp3) is 0. The summed E-state index contributed by atoms with van der Waals surface area (Å²) in [6, 6.07) is 16.8. The summed E-state index contributed by atoms with van der Waals surface area (Å²) in [5.41, 5.74) is 1.77. The van der Waals surface area contributed by atoms with Gasteiger partial charge in [0.2, 0.25) is 0 Å². The van der Waals surface area contributed by atoms with Crippen molar-refractivity contribution in [3.05, 3.63) is 76.3 Å². The lowest BCUT2D eigenvalue weighted by molar-refractivity contribution is -0.384. The van der Waals surface area contributed by atoms with E-state index < -0.39 is 10.8 Å². The van der Waals surface area contributed by atoms with Gasteiger partial charge in [-0.05, 0) is 11.6 Å². The number of carbonyl (C=O) groups is 1. The van der Waals surface area contributed by atoms with Crippen LogP contribution >= 0.6 is 0 Å². The molecule has 3 aromatic rings. The summed E-state index contributed by atoms with van der Waals surface area (Å²) >= 11 is 0. The molecule has 0 aliphatic carbocycles. The van der Waals surface area contributed by atoms with Gasteiger partial charge in [-0.15, -0.1) is 0 Å². The molecule has 0 atom stereocenters. The van der Waals surface area contributed by atoms with Crippen molar-refractivity contribution in [2.45, 2.75) is 0 Å². The third kappa shape index (κ3) is 3.24. The number of H-pyrrole nitrogens is 1. The van der Waals surface area contributed by atoms with Gasteiger partial charge < -0.3 is 5.32 Å². The topological polar surface area (TPSA) is 101 Å². The highest BCUT2D eigenvalue weighted by Gasteiger charge is 2.13. The van der Waals surface area contributed by atoms with E-state index in [9.17, 15) is 14.9 Å². The highest BCUT2D eigenvalue weighted by molar-refractivity contribution is 6.04. The second kappa shape index (κ2) is 6.10. The smallest absolute Gasteiger partial charge is 0.270 e. The molecule has 0 unspecified atom stereocenters. The average molecular weight is 308 g/mol. The van der Waals surface area contributed by atoms with Crippen LogP contribution in [0.15, 0.2) is 60.7 Å². The molecule has 1 aromatic heterocycles. The molecule has 2 aromatic carbocycles. The molecule has 0 spiro atoms. The maximum atomic E-state index is 12.1. The third-order valence-electron chi connectivity index (χ3n) is 3.22. The molecular weight excluding hydrogens is 296 g/mol. The van der Waals surface area contributed by atoms with E-state index in [1.54, 1.807) is 6.07 Å². The summed E-state index contributed by atoms with van der Waals surface area (Å²) in [7, 11) is 0. The lowest BCUT2D eigenvalue weighted by atomic mass is 10.1. The van der Waals surface area contributed by atoms with Crippen LogP contribution in [-0.4, -0.2) is 21.0 Å². The van der Waals surface area contributed by atoms with Gasteiger partial charge in [0, 0.05) is 23.8 Å². The van der Waals surface area contributed by atoms with Gasteiger partial charge in [-0.3, -0.25) is 20.0 Å². The van der Waals surface area contributed by atoms with Crippen LogP contribution in [0.4, 0.5) is 11.5 Å². The van der Waals surface area contributed by atoms with E-state index in [0.717, 1.165) is 11.3 Å². The van der Waals surface area contributed by atoms with Crippen molar-refractivity contribution in [1.29, 1.82) is 0 Å². The number of amides is 1. The van der Waals surface area contributed by atoms with Crippen LogP contribution in [0.1, 0.15) is 10.4 Å². The molecule has 0 saturated heterocycles. The molecule has 1 amide bonds. The highest BCUT2D eigenvalue weighted by Crippen LogP contribution is 2.20. The van der Waals surface area contributed by atoms with E-state index in [1.165, 1.54) is 24.3 Å². The van der Waals surface area contributed by atoms with Gasteiger partial charge in [0.1, 0.15) is 0 Å². The lowest BCUT2D eigenvalue weighted by Gasteiger charge is -2.01. The van der Waals surface area contributed by atoms with Crippen LogP contribution < -0.4 is 5.32 Å². The van der Waals surface area contributed by atoms with E-state index in [-0.39, 0.29) is 11.3 Å². The van der Waals surface area contributed by atoms with Crippen molar-refractivity contribution in [2.75, 3.05) is 5.32 Å². The molecule has 7 heteroatoms. The fourth-order valence-electron chi connectivity index (χ4n) is 2.10. The van der Waals surface area contributed by atoms with Crippen LogP contribution in [0, 0.1) is 10.1 Å². The summed E-state index contributed by atoms with van der Waals surface area (Å²) in [5.74, 6) is -0.111. The Bertz CT molecular complexity index is 859. The van der Waals surface area contributed by atoms with Gasteiger partial charge in [0.05, 0.1) is 10.6 Å². The van der Waals surface area contributed by atoms with Gasteiger partial charge in [-0.25, -0.2) is 0 Å². The van der Waals surface area contributed by atoms with Crippen LogP contribution in [-0.2, 0) is 0 Å². The normalized spacial score (nSPS) is 10.3. The van der Waals surface area contributed by atoms with Gasteiger partial charge in [-0.1, -0.05) is 36.4 Å². The molecule has 114 valence electrons. The van der Waals surface area contributed by atoms with E-state index in [1.807, 2.05) is 30.3 Å². The van der Waals surface area contributed by atoms with Crippen molar-refractivity contribution >= 4 is 17.4 Å². The molecule has 0 fully saturated rings. The first-order chi connectivity index (χ1) is 11.1. The summed E-state index contributed by atoms with van der Waals surface area (Å²) in [5, 5.41) is 20.2. The number of hydrogen-bond donors (Lipinski definition) is 2. The number of nitro groups is 1. The second-order valence-corrected chi connectivity index (χ2v) is 4.79. The average Bonchev–Trinajstić information content (AvgIpc) is 3.04. The number of non-ortho nitro benzene ring substituents is 1. The van der Waals surface area contributed by atoms with Crippen molar-refractivity contribution in [2.24, 2.45) is 0 Å². The van der Waals surface area contributed by atoms with Crippen LogP contribution in [0.25, 0.3) is 11.3 Å². The summed E-state index contributed by atoms with van der Waals surface area (Å²) in [6.45, 7) is 0. The summed E-state index contributed by atoms with van der Waals surface area (Å²) < 4.78 is 0. The number of hydrogen-bond acceptors (Lipinski definition) is 4. The number of rotatable bonds is 4. The Morgan fingerprint density at radius 2 is 1.87 bits per heavy atom. The number of nitrogens with one attached hydrogen (secondary N) is 2. The number of benzene rings is 2. The van der Waals surface area contributed by atoms with Crippen molar-refractivity contribution in [3.8, 4) is 11.3 Å². The zero-order valence-electron chi connectivity index (χ0n) is 11.9. The Hall–Kier alpha value is -3.48. The molecule has 7 nitrogen and oxygen atoms in total. The largest absolute Gasteiger partial charge is 0.305 e. The summed E-state index contributed by atoms with van der Waals surface area (Å²) in [4.78, 5) is 22.4. The molecule has 0 aliphatic rings. The zero-order valence-corrected chi connectivity index (χ0v) is 11.9. The first-order valence-electron chi connectivity index (χ1n) is 6.80. The van der Waals surface area contributed by atoms with Gasteiger partial charge in [0.15, 0.2) is 5.82 Å². The first kappa shape index (κ1) is 14.5. The monoisotopic (exact) mass is 308 g/mol. The van der Waals surface area contributed by atoms with E-state index >= 15 is 0 Å². The number of aromatic nitrogens is 2. The molecular formula is C16H12N4O3. The highest BCUT2D eigenvalue weighted by atomic mass is 16.6. The van der Waals surface area contributed by atoms with E-state index in [2.05, 4.69) is 15.5 Å². The maximum Gasteiger partial charge on any atom is 0.270 e. The minimum Gasteiger partial charge on any atom is -0.305 e. The number of carbonyl (C=O) groups excluding carboxylic acids is 1. The second-order valence-electron chi connectivity index (χ2n) is 4.79. The molecule has 1 heterocycles. The quantitative estimate of drug-likeness (QED) is 0.570. The predicted octanol–water partition coefficient (Wildman–Crippen LogP) is 3.24. The molecule has 0 bridgehead atoms. The molecule has 2 N–H and O–H groups in total. The van der Waals surface area contributed by atoms with Crippen LogP contribution in [0.3, 0.4) is 0 Å². The fourth-order valence-corrected chi connectivity index (χ4v) is 2.10. The Kier molecular flexibility index (Phi) is 3.84. The third-order valence-corrected chi connectivity index (χ3v) is 3.22. The van der Waals surface area contributed by atoms with E-state index in [4.69, 9.17) is 0 Å². The predicted molar refractivity (Wildman–Crippen MR) is 85.1 cm³/mol. The van der Waals surface area contributed by atoms with Gasteiger partial charge in [0.25, 0.3) is 11.6 Å². The number of anilines is 1. The van der Waals surface area contributed by atoms with Crippen LogP contribution in [0.2, 0.25) is 0 Å². The van der Waals surface area contributed by atoms with Crippen molar-refractivity contribution in [3.63, 3.8) is 0 Å². The van der Waals surface area contributed by atoms with Crippen molar-refractivity contribution in [1.82, 2.24) is 10.2 Å². The number of nitro benzene ring substituents is 1. The Morgan fingerprint density at radius 3 is 2.61 bits per heavy atom. The van der Waals surface area contributed by atoms with Gasteiger partial charge in [-0.2, -0.15) is 5.10 Å². The standard InChI is InChI=1S/C16H12N4O3/c21-16(12-7-4-8-13(9-12)20(22)23)17-15-10-14(18-19-15)11-5-2-1-3-6-11/h1-10H,(H2,17,18,19,21). The molecule has 0 saturated carbocycles. The molecule has 23 heavy (non-hydrogen) atoms. The van der Waals surface area contributed by atoms with E-state index in [0.29, 0.717) is 5.82 Å². The molecule has 0 radical (unpaired) electrons. The minimum absolute atomic E-state index is 0.135. The molecule has 0 aliphatic heterocycles. The Morgan fingerprint density at radius 1 is 1.09 bits per heavy atom. The maximum absolute atomic E-state index is 12.1. The van der Waals surface area contributed by atoms with Crippen molar-refractivity contribution < 1.29 is 9.72 Å². The lowest BCUT2D eigenvalue weighted by Crippen LogP contribution is -2.12. The Balaban J connectivity index is 1.77. The van der Waals surface area contributed by atoms with Crippen LogP contribution in [0.5, 0.6) is 0 Å².